The number of hydrogen-bond donors (Lipinski definition) is 2. The lowest BCUT2D eigenvalue weighted by Gasteiger charge is -2.37. The summed E-state index contributed by atoms with van der Waals surface area (Å²) < 4.78 is 24.9. The van der Waals surface area contributed by atoms with Gasteiger partial charge in [0.2, 0.25) is 5.91 Å². The highest BCUT2D eigenvalue weighted by Gasteiger charge is 2.45. The molecule has 0 unspecified atom stereocenters. The predicted octanol–water partition coefficient (Wildman–Crippen LogP) is 5.18. The number of rotatable bonds is 10. The van der Waals surface area contributed by atoms with Crippen LogP contribution in [0.15, 0.2) is 48.5 Å². The van der Waals surface area contributed by atoms with E-state index in [-0.39, 0.29) is 17.6 Å². The number of H-pyrrole nitrogens is 1. The van der Waals surface area contributed by atoms with Crippen molar-refractivity contribution in [3.63, 3.8) is 0 Å². The second-order valence-electron chi connectivity index (χ2n) is 10.9. The lowest BCUT2D eigenvalue weighted by molar-refractivity contribution is -0.134. The summed E-state index contributed by atoms with van der Waals surface area (Å²) in [5, 5.41) is 3.40. The maximum atomic E-state index is 14.2. The standard InChI is InChI=1S/C32H35FN4O4/c1-19-7-9-21(18-23(19)33)29-35-24-11-10-22-27(28(24)36-29)30(38)37(31(39)32(22,2)3)16-6-14-34-15-13-20-8-12-25(40-4)26(17-20)41-5/h7-12,17-18,34H,6,13-16H2,1-5H3,(H,35,36). The Morgan fingerprint density at radius 2 is 1.78 bits per heavy atom. The minimum absolute atomic E-state index is 0.226. The Labute approximate surface area is 238 Å². The number of hydrogen-bond acceptors (Lipinski definition) is 6. The fourth-order valence-electron chi connectivity index (χ4n) is 5.33. The van der Waals surface area contributed by atoms with E-state index in [9.17, 15) is 14.0 Å². The highest BCUT2D eigenvalue weighted by Crippen LogP contribution is 2.38. The molecule has 1 aliphatic rings. The number of halogens is 1. The summed E-state index contributed by atoms with van der Waals surface area (Å²) in [6.45, 7) is 7.05. The van der Waals surface area contributed by atoms with Gasteiger partial charge in [-0.3, -0.25) is 14.5 Å². The van der Waals surface area contributed by atoms with Crippen LogP contribution in [0.4, 0.5) is 4.39 Å². The number of nitrogens with one attached hydrogen (secondary N) is 2. The number of ether oxygens (including phenoxy) is 2. The first-order chi connectivity index (χ1) is 19.6. The Hall–Kier alpha value is -4.24. The van der Waals surface area contributed by atoms with Crippen molar-refractivity contribution in [3.8, 4) is 22.9 Å². The molecule has 2 heterocycles. The van der Waals surface area contributed by atoms with Gasteiger partial charge in [-0.15, -0.1) is 0 Å². The van der Waals surface area contributed by atoms with Gasteiger partial charge in [-0.2, -0.15) is 0 Å². The largest absolute Gasteiger partial charge is 0.493 e. The number of imidazole rings is 1. The number of carbonyl (C=O) groups is 2. The number of methoxy groups -OCH3 is 2. The molecule has 0 saturated heterocycles. The lowest BCUT2D eigenvalue weighted by atomic mass is 9.76. The van der Waals surface area contributed by atoms with E-state index in [4.69, 9.17) is 14.5 Å². The zero-order valence-electron chi connectivity index (χ0n) is 24.1. The van der Waals surface area contributed by atoms with Crippen LogP contribution < -0.4 is 14.8 Å². The third-order valence-corrected chi connectivity index (χ3v) is 7.79. The van der Waals surface area contributed by atoms with Crippen LogP contribution in [-0.2, 0) is 16.6 Å². The van der Waals surface area contributed by atoms with Gasteiger partial charge < -0.3 is 19.8 Å². The van der Waals surface area contributed by atoms with Gasteiger partial charge in [0, 0.05) is 12.1 Å². The van der Waals surface area contributed by atoms with Crippen LogP contribution >= 0.6 is 0 Å². The van der Waals surface area contributed by atoms with Gasteiger partial charge in [0.1, 0.15) is 17.2 Å². The minimum Gasteiger partial charge on any atom is -0.493 e. The van der Waals surface area contributed by atoms with E-state index in [1.165, 1.54) is 11.0 Å². The molecule has 3 aromatic carbocycles. The Kier molecular flexibility index (Phi) is 7.82. The van der Waals surface area contributed by atoms with E-state index in [0.717, 1.165) is 18.5 Å². The molecule has 9 heteroatoms. The van der Waals surface area contributed by atoms with Gasteiger partial charge >= 0.3 is 0 Å². The van der Waals surface area contributed by atoms with Crippen LogP contribution in [0.1, 0.15) is 47.3 Å². The minimum atomic E-state index is -0.895. The molecule has 2 amide bonds. The number of amides is 2. The van der Waals surface area contributed by atoms with Crippen molar-refractivity contribution in [2.75, 3.05) is 33.9 Å². The van der Waals surface area contributed by atoms with E-state index in [1.54, 1.807) is 33.3 Å². The number of imide groups is 1. The number of aromatic amines is 1. The summed E-state index contributed by atoms with van der Waals surface area (Å²) in [5.74, 6) is 0.955. The van der Waals surface area contributed by atoms with Crippen molar-refractivity contribution in [2.24, 2.45) is 0 Å². The first-order valence-electron chi connectivity index (χ1n) is 13.7. The van der Waals surface area contributed by atoms with Gasteiger partial charge in [0.25, 0.3) is 5.91 Å². The maximum Gasteiger partial charge on any atom is 0.263 e. The van der Waals surface area contributed by atoms with Crippen LogP contribution in [0.3, 0.4) is 0 Å². The Morgan fingerprint density at radius 3 is 2.51 bits per heavy atom. The third-order valence-electron chi connectivity index (χ3n) is 7.79. The molecule has 0 atom stereocenters. The number of fused-ring (bicyclic) bond motifs is 3. The van der Waals surface area contributed by atoms with E-state index in [0.29, 0.717) is 70.1 Å². The molecule has 0 radical (unpaired) electrons. The van der Waals surface area contributed by atoms with Gasteiger partial charge in [0.05, 0.1) is 30.7 Å². The van der Waals surface area contributed by atoms with Gasteiger partial charge in [-0.05, 0) is 87.7 Å². The molecule has 8 nitrogen and oxygen atoms in total. The van der Waals surface area contributed by atoms with Gasteiger partial charge in [0.15, 0.2) is 11.5 Å². The quantitative estimate of drug-likeness (QED) is 0.206. The molecule has 1 aromatic heterocycles. The molecule has 2 N–H and O–H groups in total. The smallest absolute Gasteiger partial charge is 0.263 e. The SMILES string of the molecule is COc1ccc(CCNCCCN2C(=O)c3c(ccc4[nH]c(-c5ccc(C)c(F)c5)nc34)C(C)(C)C2=O)cc1OC. The second-order valence-corrected chi connectivity index (χ2v) is 10.9. The molecule has 1 aliphatic heterocycles. The summed E-state index contributed by atoms with van der Waals surface area (Å²) in [6, 6.07) is 14.4. The Balaban J connectivity index is 1.28. The monoisotopic (exact) mass is 558 g/mol. The third kappa shape index (κ3) is 5.29. The van der Waals surface area contributed by atoms with Crippen molar-refractivity contribution in [3.05, 3.63) is 76.6 Å². The predicted molar refractivity (Wildman–Crippen MR) is 156 cm³/mol. The van der Waals surface area contributed by atoms with Crippen LogP contribution in [0.2, 0.25) is 0 Å². The van der Waals surface area contributed by atoms with E-state index in [1.807, 2.05) is 44.2 Å². The summed E-state index contributed by atoms with van der Waals surface area (Å²) in [7, 11) is 3.23. The first kappa shape index (κ1) is 28.3. The molecule has 0 fully saturated rings. The fraction of sp³-hybridized carbons (Fsp3) is 0.344. The van der Waals surface area contributed by atoms with Crippen molar-refractivity contribution in [2.45, 2.75) is 39.0 Å². The summed E-state index contributed by atoms with van der Waals surface area (Å²) >= 11 is 0. The number of aromatic nitrogens is 2. The van der Waals surface area contributed by atoms with Crippen LogP contribution in [-0.4, -0.2) is 60.5 Å². The highest BCUT2D eigenvalue weighted by molar-refractivity contribution is 6.18. The van der Waals surface area contributed by atoms with Crippen LogP contribution in [0.5, 0.6) is 11.5 Å². The summed E-state index contributed by atoms with van der Waals surface area (Å²) in [4.78, 5) is 36.5. The van der Waals surface area contributed by atoms with Gasteiger partial charge in [-0.1, -0.05) is 24.3 Å². The Bertz CT molecular complexity index is 1630. The molecule has 0 saturated carbocycles. The lowest BCUT2D eigenvalue weighted by Crippen LogP contribution is -2.52. The normalized spacial score (nSPS) is 14.4. The van der Waals surface area contributed by atoms with Crippen molar-refractivity contribution in [1.82, 2.24) is 20.2 Å². The molecule has 4 aromatic rings. The zero-order valence-corrected chi connectivity index (χ0v) is 24.1. The number of aryl methyl sites for hydroxylation is 1. The average molecular weight is 559 g/mol. The Morgan fingerprint density at radius 1 is 1.00 bits per heavy atom. The topological polar surface area (TPSA) is 96.5 Å². The average Bonchev–Trinajstić information content (AvgIpc) is 3.41. The summed E-state index contributed by atoms with van der Waals surface area (Å²) in [5.41, 5.74) is 3.58. The van der Waals surface area contributed by atoms with Crippen molar-refractivity contribution >= 4 is 22.8 Å². The van der Waals surface area contributed by atoms with Crippen molar-refractivity contribution < 1.29 is 23.5 Å². The summed E-state index contributed by atoms with van der Waals surface area (Å²) in [6.07, 6.45) is 1.41. The number of benzene rings is 3. The van der Waals surface area contributed by atoms with E-state index in [2.05, 4.69) is 10.3 Å². The fourth-order valence-corrected chi connectivity index (χ4v) is 5.33. The molecular weight excluding hydrogens is 523 g/mol. The molecular formula is C32H35FN4O4. The van der Waals surface area contributed by atoms with Crippen molar-refractivity contribution in [1.29, 1.82) is 0 Å². The molecule has 5 rings (SSSR count). The van der Waals surface area contributed by atoms with Crippen LogP contribution in [0, 0.1) is 12.7 Å². The van der Waals surface area contributed by atoms with Crippen LogP contribution in [0.25, 0.3) is 22.4 Å². The second kappa shape index (κ2) is 11.3. The van der Waals surface area contributed by atoms with E-state index >= 15 is 0 Å². The maximum absolute atomic E-state index is 14.2. The molecule has 0 aliphatic carbocycles. The molecule has 214 valence electrons. The van der Waals surface area contributed by atoms with Gasteiger partial charge in [-0.25, -0.2) is 9.37 Å². The number of nitrogens with zero attached hydrogens (tertiary/aromatic N) is 2. The molecule has 41 heavy (non-hydrogen) atoms. The first-order valence-corrected chi connectivity index (χ1v) is 13.7. The van der Waals surface area contributed by atoms with E-state index < -0.39 is 5.41 Å². The highest BCUT2D eigenvalue weighted by atomic mass is 19.1. The molecule has 0 spiro atoms. The number of carbonyl (C=O) groups excluding carboxylic acids is 2. The molecule has 0 bridgehead atoms. The zero-order chi connectivity index (χ0) is 29.3.